The molecule has 0 radical (unpaired) electrons. The van der Waals surface area contributed by atoms with E-state index < -0.39 is 16.0 Å². The van der Waals surface area contributed by atoms with E-state index in [1.807, 2.05) is 19.0 Å². The van der Waals surface area contributed by atoms with Gasteiger partial charge in [-0.25, -0.2) is 17.9 Å². The van der Waals surface area contributed by atoms with Crippen molar-refractivity contribution in [1.29, 1.82) is 0 Å². The molecule has 20 heavy (non-hydrogen) atoms. The molecule has 0 amide bonds. The molecule has 0 aliphatic rings. The number of nitrogens with zero attached hydrogens (tertiary/aromatic N) is 1. The number of carboxylic acids is 1. The van der Waals surface area contributed by atoms with Gasteiger partial charge in [0.1, 0.15) is 9.09 Å². The highest BCUT2D eigenvalue weighted by Crippen LogP contribution is 2.25. The fourth-order valence-corrected chi connectivity index (χ4v) is 4.13. The summed E-state index contributed by atoms with van der Waals surface area (Å²) in [6.45, 7) is 2.86. The van der Waals surface area contributed by atoms with Gasteiger partial charge in [-0.05, 0) is 52.0 Å². The van der Waals surface area contributed by atoms with Crippen molar-refractivity contribution in [3.05, 3.63) is 16.5 Å². The first kappa shape index (κ1) is 17.1. The van der Waals surface area contributed by atoms with Gasteiger partial charge in [0.15, 0.2) is 0 Å². The van der Waals surface area contributed by atoms with E-state index in [9.17, 15) is 13.2 Å². The van der Waals surface area contributed by atoms with Crippen LogP contribution in [0.4, 0.5) is 0 Å². The Morgan fingerprint density at radius 1 is 1.40 bits per heavy atom. The van der Waals surface area contributed by atoms with Crippen LogP contribution < -0.4 is 4.72 Å². The van der Waals surface area contributed by atoms with Crippen LogP contribution in [0.25, 0.3) is 0 Å². The van der Waals surface area contributed by atoms with E-state index in [-0.39, 0.29) is 9.09 Å². The third kappa shape index (κ3) is 4.86. The number of sulfonamides is 1. The summed E-state index contributed by atoms with van der Waals surface area (Å²) in [5.74, 6) is -1.10. The summed E-state index contributed by atoms with van der Waals surface area (Å²) in [7, 11) is 0.324. The molecule has 0 spiro atoms. The standard InChI is InChI=1S/C12H20N2O4S2/c1-9-8-10(19-11(9)12(15)16)20(17,18)13-6-4-5-7-14(2)3/h8,13H,4-7H2,1-3H3,(H,15,16). The van der Waals surface area contributed by atoms with Crippen molar-refractivity contribution in [1.82, 2.24) is 9.62 Å². The average Bonchev–Trinajstić information content (AvgIpc) is 2.71. The van der Waals surface area contributed by atoms with E-state index in [0.717, 1.165) is 30.7 Å². The number of aryl methyl sites for hydroxylation is 1. The lowest BCUT2D eigenvalue weighted by molar-refractivity contribution is 0.0701. The van der Waals surface area contributed by atoms with Crippen molar-refractivity contribution in [2.75, 3.05) is 27.2 Å². The van der Waals surface area contributed by atoms with Crippen LogP contribution in [0.1, 0.15) is 28.1 Å². The molecule has 0 saturated carbocycles. The summed E-state index contributed by atoms with van der Waals surface area (Å²) in [4.78, 5) is 13.0. The fourth-order valence-electron chi connectivity index (χ4n) is 1.63. The quantitative estimate of drug-likeness (QED) is 0.707. The number of aromatic carboxylic acids is 1. The van der Waals surface area contributed by atoms with E-state index >= 15 is 0 Å². The third-order valence-corrected chi connectivity index (χ3v) is 5.84. The van der Waals surface area contributed by atoms with E-state index in [2.05, 4.69) is 4.72 Å². The minimum Gasteiger partial charge on any atom is -0.477 e. The molecule has 6 nitrogen and oxygen atoms in total. The monoisotopic (exact) mass is 320 g/mol. The first-order valence-corrected chi connectivity index (χ1v) is 8.52. The van der Waals surface area contributed by atoms with E-state index in [1.165, 1.54) is 6.07 Å². The molecule has 1 aromatic rings. The third-order valence-electron chi connectivity index (χ3n) is 2.68. The number of thiophene rings is 1. The zero-order valence-corrected chi connectivity index (χ0v) is 13.5. The maximum absolute atomic E-state index is 12.0. The molecule has 0 saturated heterocycles. The average molecular weight is 320 g/mol. The van der Waals surface area contributed by atoms with Crippen LogP contribution in [-0.2, 0) is 10.0 Å². The van der Waals surface area contributed by atoms with Crippen LogP contribution in [0.5, 0.6) is 0 Å². The van der Waals surface area contributed by atoms with Crippen molar-refractivity contribution < 1.29 is 18.3 Å². The summed E-state index contributed by atoms with van der Waals surface area (Å²) >= 11 is 0.785. The van der Waals surface area contributed by atoms with Gasteiger partial charge in [-0.1, -0.05) is 0 Å². The Balaban J connectivity index is 2.61. The minimum atomic E-state index is -3.60. The summed E-state index contributed by atoms with van der Waals surface area (Å²) < 4.78 is 26.6. The lowest BCUT2D eigenvalue weighted by Crippen LogP contribution is -2.24. The fraction of sp³-hybridized carbons (Fsp3) is 0.583. The highest BCUT2D eigenvalue weighted by atomic mass is 32.2. The second-order valence-electron chi connectivity index (χ2n) is 4.79. The lowest BCUT2D eigenvalue weighted by atomic mass is 10.3. The Morgan fingerprint density at radius 3 is 2.55 bits per heavy atom. The molecule has 0 fully saturated rings. The highest BCUT2D eigenvalue weighted by molar-refractivity contribution is 7.91. The second kappa shape index (κ2) is 7.16. The summed E-state index contributed by atoms with van der Waals surface area (Å²) in [6.07, 6.45) is 1.65. The number of hydrogen-bond acceptors (Lipinski definition) is 5. The molecule has 1 aromatic heterocycles. The molecule has 114 valence electrons. The molecule has 0 aliphatic heterocycles. The predicted octanol–water partition coefficient (Wildman–Crippen LogP) is 1.37. The van der Waals surface area contributed by atoms with E-state index in [1.54, 1.807) is 6.92 Å². The normalized spacial score (nSPS) is 12.0. The topological polar surface area (TPSA) is 86.7 Å². The van der Waals surface area contributed by atoms with E-state index in [0.29, 0.717) is 12.1 Å². The SMILES string of the molecule is Cc1cc(S(=O)(=O)NCCCCN(C)C)sc1C(=O)O. The Morgan fingerprint density at radius 2 is 2.05 bits per heavy atom. The minimum absolute atomic E-state index is 0.0556. The second-order valence-corrected chi connectivity index (χ2v) is 7.84. The molecule has 0 bridgehead atoms. The zero-order chi connectivity index (χ0) is 15.3. The van der Waals surface area contributed by atoms with Gasteiger partial charge in [0.25, 0.3) is 0 Å². The van der Waals surface area contributed by atoms with E-state index in [4.69, 9.17) is 5.11 Å². The van der Waals surface area contributed by atoms with Crippen LogP contribution in [0.15, 0.2) is 10.3 Å². The highest BCUT2D eigenvalue weighted by Gasteiger charge is 2.21. The Hall–Kier alpha value is -0.960. The number of carbonyl (C=O) groups is 1. The first-order valence-electron chi connectivity index (χ1n) is 6.22. The summed E-state index contributed by atoms with van der Waals surface area (Å²) in [5, 5.41) is 8.93. The summed E-state index contributed by atoms with van der Waals surface area (Å²) in [5.41, 5.74) is 0.468. The zero-order valence-electron chi connectivity index (χ0n) is 11.8. The predicted molar refractivity (Wildman–Crippen MR) is 79.0 cm³/mol. The van der Waals surface area contributed by atoms with Gasteiger partial charge in [0.05, 0.1) is 0 Å². The van der Waals surface area contributed by atoms with Crippen molar-refractivity contribution in [2.24, 2.45) is 0 Å². The van der Waals surface area contributed by atoms with Gasteiger partial charge in [-0.3, -0.25) is 0 Å². The lowest BCUT2D eigenvalue weighted by Gasteiger charge is -2.09. The van der Waals surface area contributed by atoms with Crippen LogP contribution in [0.2, 0.25) is 0 Å². The van der Waals surface area contributed by atoms with Crippen molar-refractivity contribution in [2.45, 2.75) is 24.0 Å². The molecule has 8 heteroatoms. The molecule has 0 unspecified atom stereocenters. The molecule has 1 heterocycles. The van der Waals surface area contributed by atoms with Crippen LogP contribution in [-0.4, -0.2) is 51.6 Å². The number of nitrogens with one attached hydrogen (secondary N) is 1. The van der Waals surface area contributed by atoms with Gasteiger partial charge in [0.2, 0.25) is 10.0 Å². The van der Waals surface area contributed by atoms with Gasteiger partial charge in [-0.15, -0.1) is 11.3 Å². The Bertz CT molecular complexity index is 564. The van der Waals surface area contributed by atoms with Crippen LogP contribution >= 0.6 is 11.3 Å². The van der Waals surface area contributed by atoms with Crippen molar-refractivity contribution >= 4 is 27.3 Å². The van der Waals surface area contributed by atoms with Gasteiger partial charge in [-0.2, -0.15) is 0 Å². The number of carboxylic acid groups (broad SMARTS) is 1. The van der Waals surface area contributed by atoms with Gasteiger partial charge >= 0.3 is 5.97 Å². The van der Waals surface area contributed by atoms with Crippen molar-refractivity contribution in [3.8, 4) is 0 Å². The molecule has 0 atom stereocenters. The maximum Gasteiger partial charge on any atom is 0.346 e. The van der Waals surface area contributed by atoms with Gasteiger partial charge < -0.3 is 10.0 Å². The molecular formula is C12H20N2O4S2. The Labute approximate surface area is 123 Å². The number of hydrogen-bond donors (Lipinski definition) is 2. The largest absolute Gasteiger partial charge is 0.477 e. The molecular weight excluding hydrogens is 300 g/mol. The molecule has 2 N–H and O–H groups in total. The summed E-state index contributed by atoms with van der Waals surface area (Å²) in [6, 6.07) is 1.40. The van der Waals surface area contributed by atoms with Gasteiger partial charge in [0, 0.05) is 6.54 Å². The molecule has 1 rings (SSSR count). The van der Waals surface area contributed by atoms with Crippen LogP contribution in [0, 0.1) is 6.92 Å². The van der Waals surface area contributed by atoms with Crippen molar-refractivity contribution in [3.63, 3.8) is 0 Å². The Kier molecular flexibility index (Phi) is 6.12. The number of unbranched alkanes of at least 4 members (excludes halogenated alkanes) is 1. The maximum atomic E-state index is 12.0. The first-order chi connectivity index (χ1) is 9.24. The molecule has 0 aliphatic carbocycles. The smallest absolute Gasteiger partial charge is 0.346 e. The van der Waals surface area contributed by atoms with Crippen LogP contribution in [0.3, 0.4) is 0 Å². The molecule has 0 aromatic carbocycles. The number of rotatable bonds is 8.